The second-order valence-corrected chi connectivity index (χ2v) is 4.97. The minimum absolute atomic E-state index is 0.242. The van der Waals surface area contributed by atoms with E-state index in [2.05, 4.69) is 24.1 Å². The molecule has 0 unspecified atom stereocenters. The first kappa shape index (κ1) is 15.9. The van der Waals surface area contributed by atoms with Crippen molar-refractivity contribution in [1.82, 2.24) is 10.3 Å². The van der Waals surface area contributed by atoms with Gasteiger partial charge < -0.3 is 15.0 Å². The molecule has 0 aliphatic carbocycles. The van der Waals surface area contributed by atoms with Crippen molar-refractivity contribution < 1.29 is 9.13 Å². The molecule has 108 valence electrons. The topological polar surface area (TPSA) is 37.4 Å². The molecule has 0 aromatic carbocycles. The van der Waals surface area contributed by atoms with Crippen molar-refractivity contribution in [2.24, 2.45) is 5.92 Å². The second kappa shape index (κ2) is 8.07. The maximum Gasteiger partial charge on any atom is 0.170 e. The lowest BCUT2D eigenvalue weighted by Gasteiger charge is -2.26. The maximum absolute atomic E-state index is 14.4. The number of nitrogens with one attached hydrogen (secondary N) is 1. The molecule has 1 aromatic rings. The Hall–Kier alpha value is -1.20. The van der Waals surface area contributed by atoms with Crippen LogP contribution in [0.2, 0.25) is 0 Å². The Morgan fingerprint density at radius 3 is 2.79 bits per heavy atom. The average Bonchev–Trinajstić information content (AvgIpc) is 2.37. The number of anilines is 1. The van der Waals surface area contributed by atoms with Crippen molar-refractivity contribution in [3.63, 3.8) is 0 Å². The van der Waals surface area contributed by atoms with Gasteiger partial charge in [-0.2, -0.15) is 0 Å². The molecular weight excluding hydrogens is 245 g/mol. The molecule has 1 rings (SSSR count). The number of ether oxygens (including phenoxy) is 1. The third kappa shape index (κ3) is 4.76. The Morgan fingerprint density at radius 2 is 2.21 bits per heavy atom. The molecule has 0 aliphatic rings. The number of aromatic nitrogens is 1. The minimum atomic E-state index is -0.242. The highest BCUT2D eigenvalue weighted by Crippen LogP contribution is 2.20. The molecule has 0 spiro atoms. The van der Waals surface area contributed by atoms with Gasteiger partial charge in [0.05, 0.1) is 6.61 Å². The lowest BCUT2D eigenvalue weighted by molar-refractivity contribution is 0.204. The van der Waals surface area contributed by atoms with Crippen molar-refractivity contribution in [3.05, 3.63) is 23.6 Å². The molecule has 1 aromatic heterocycles. The second-order valence-electron chi connectivity index (χ2n) is 4.97. The summed E-state index contributed by atoms with van der Waals surface area (Å²) in [6.45, 7) is 6.67. The summed E-state index contributed by atoms with van der Waals surface area (Å²) < 4.78 is 19.5. The fraction of sp³-hybridized carbons (Fsp3) is 0.643. The largest absolute Gasteiger partial charge is 0.383 e. The molecular formula is C14H24FN3O. The third-order valence-corrected chi connectivity index (χ3v) is 2.77. The van der Waals surface area contributed by atoms with Crippen molar-refractivity contribution in [3.8, 4) is 0 Å². The van der Waals surface area contributed by atoms with E-state index in [1.165, 1.54) is 0 Å². The predicted molar refractivity (Wildman–Crippen MR) is 75.9 cm³/mol. The number of hydrogen-bond acceptors (Lipinski definition) is 4. The molecule has 0 amide bonds. The SMILES string of the molecule is CNCc1ccnc(N(CCOC)CC(C)C)c1F. The lowest BCUT2D eigenvalue weighted by Crippen LogP contribution is -2.32. The van der Waals surface area contributed by atoms with E-state index in [4.69, 9.17) is 4.74 Å². The average molecular weight is 269 g/mol. The van der Waals surface area contributed by atoms with Crippen molar-refractivity contribution >= 4 is 5.82 Å². The van der Waals surface area contributed by atoms with Gasteiger partial charge >= 0.3 is 0 Å². The number of pyridine rings is 1. The molecule has 0 fully saturated rings. The Kier molecular flexibility index (Phi) is 6.73. The minimum Gasteiger partial charge on any atom is -0.383 e. The Bertz CT molecular complexity index is 385. The Morgan fingerprint density at radius 1 is 1.47 bits per heavy atom. The zero-order valence-corrected chi connectivity index (χ0v) is 12.2. The van der Waals surface area contributed by atoms with Crippen LogP contribution in [0.25, 0.3) is 0 Å². The molecule has 1 N–H and O–H groups in total. The fourth-order valence-electron chi connectivity index (χ4n) is 1.94. The zero-order chi connectivity index (χ0) is 14.3. The van der Waals surface area contributed by atoms with Gasteiger partial charge in [0.15, 0.2) is 11.6 Å². The maximum atomic E-state index is 14.4. The molecule has 0 radical (unpaired) electrons. The van der Waals surface area contributed by atoms with Crippen LogP contribution in [0.4, 0.5) is 10.2 Å². The van der Waals surface area contributed by atoms with Gasteiger partial charge in [-0.05, 0) is 19.0 Å². The monoisotopic (exact) mass is 269 g/mol. The van der Waals surface area contributed by atoms with Crippen LogP contribution >= 0.6 is 0 Å². The summed E-state index contributed by atoms with van der Waals surface area (Å²) in [5.74, 6) is 0.609. The molecule has 0 bridgehead atoms. The van der Waals surface area contributed by atoms with Gasteiger partial charge in [-0.3, -0.25) is 0 Å². The van der Waals surface area contributed by atoms with Gasteiger partial charge in [0.25, 0.3) is 0 Å². The number of rotatable bonds is 8. The van der Waals surface area contributed by atoms with Gasteiger partial charge in [0.2, 0.25) is 0 Å². The summed E-state index contributed by atoms with van der Waals surface area (Å²) in [6, 6.07) is 1.71. The van der Waals surface area contributed by atoms with Crippen molar-refractivity contribution in [2.45, 2.75) is 20.4 Å². The van der Waals surface area contributed by atoms with Crippen LogP contribution in [0.15, 0.2) is 12.3 Å². The highest BCUT2D eigenvalue weighted by molar-refractivity contribution is 5.43. The van der Waals surface area contributed by atoms with E-state index in [1.54, 1.807) is 26.4 Å². The summed E-state index contributed by atoms with van der Waals surface area (Å²) in [4.78, 5) is 6.14. The molecule has 0 saturated carbocycles. The van der Waals surface area contributed by atoms with Gasteiger partial charge in [-0.1, -0.05) is 13.8 Å². The van der Waals surface area contributed by atoms with E-state index < -0.39 is 0 Å². The summed E-state index contributed by atoms with van der Waals surface area (Å²) >= 11 is 0. The predicted octanol–water partition coefficient (Wildman–Crippen LogP) is 2.05. The fourth-order valence-corrected chi connectivity index (χ4v) is 1.94. The van der Waals surface area contributed by atoms with E-state index in [9.17, 15) is 4.39 Å². The number of nitrogens with zero attached hydrogens (tertiary/aromatic N) is 2. The van der Waals surface area contributed by atoms with Crippen LogP contribution in [0, 0.1) is 11.7 Å². The van der Waals surface area contributed by atoms with E-state index in [1.807, 2.05) is 4.90 Å². The third-order valence-electron chi connectivity index (χ3n) is 2.77. The summed E-state index contributed by atoms with van der Waals surface area (Å²) in [5.41, 5.74) is 0.638. The van der Waals surface area contributed by atoms with Crippen LogP contribution in [0.1, 0.15) is 19.4 Å². The van der Waals surface area contributed by atoms with Crippen LogP contribution in [-0.4, -0.2) is 38.8 Å². The Balaban J connectivity index is 2.96. The van der Waals surface area contributed by atoms with Gasteiger partial charge in [-0.15, -0.1) is 0 Å². The molecule has 0 aliphatic heterocycles. The molecule has 5 heteroatoms. The molecule has 4 nitrogen and oxygen atoms in total. The first-order valence-electron chi connectivity index (χ1n) is 6.62. The zero-order valence-electron chi connectivity index (χ0n) is 12.2. The smallest absolute Gasteiger partial charge is 0.170 e. The number of hydrogen-bond donors (Lipinski definition) is 1. The van der Waals surface area contributed by atoms with Crippen LogP contribution < -0.4 is 10.2 Å². The van der Waals surface area contributed by atoms with Crippen molar-refractivity contribution in [1.29, 1.82) is 0 Å². The summed E-state index contributed by atoms with van der Waals surface area (Å²) in [6.07, 6.45) is 1.66. The molecule has 0 saturated heterocycles. The highest BCUT2D eigenvalue weighted by atomic mass is 19.1. The normalized spacial score (nSPS) is 11.1. The number of halogens is 1. The van der Waals surface area contributed by atoms with E-state index in [0.29, 0.717) is 37.0 Å². The van der Waals surface area contributed by atoms with Gasteiger partial charge in [-0.25, -0.2) is 9.37 Å². The summed E-state index contributed by atoms with van der Waals surface area (Å²) in [5, 5.41) is 2.96. The Labute approximate surface area is 115 Å². The quantitative estimate of drug-likeness (QED) is 0.784. The van der Waals surface area contributed by atoms with Gasteiger partial charge in [0, 0.05) is 38.5 Å². The van der Waals surface area contributed by atoms with Crippen LogP contribution in [0.5, 0.6) is 0 Å². The van der Waals surface area contributed by atoms with Gasteiger partial charge in [0.1, 0.15) is 0 Å². The highest BCUT2D eigenvalue weighted by Gasteiger charge is 2.16. The molecule has 1 heterocycles. The van der Waals surface area contributed by atoms with Crippen LogP contribution in [-0.2, 0) is 11.3 Å². The number of methoxy groups -OCH3 is 1. The lowest BCUT2D eigenvalue weighted by atomic mass is 10.2. The van der Waals surface area contributed by atoms with E-state index in [0.717, 1.165) is 6.54 Å². The van der Waals surface area contributed by atoms with E-state index >= 15 is 0 Å². The first-order chi connectivity index (χ1) is 9.10. The first-order valence-corrected chi connectivity index (χ1v) is 6.62. The van der Waals surface area contributed by atoms with E-state index in [-0.39, 0.29) is 5.82 Å². The van der Waals surface area contributed by atoms with Crippen molar-refractivity contribution in [2.75, 3.05) is 38.8 Å². The molecule has 0 atom stereocenters. The standard InChI is InChI=1S/C14H24FN3O/c1-11(2)10-18(7-8-19-4)14-13(15)12(9-16-3)5-6-17-14/h5-6,11,16H,7-10H2,1-4H3. The van der Waals surface area contributed by atoms with Crippen LogP contribution in [0.3, 0.4) is 0 Å². The summed E-state index contributed by atoms with van der Waals surface area (Å²) in [7, 11) is 3.45. The molecule has 19 heavy (non-hydrogen) atoms.